The third-order valence-corrected chi connectivity index (χ3v) is 14.3. The Morgan fingerprint density at radius 1 is 0.346 bits per heavy atom. The van der Waals surface area contributed by atoms with E-state index in [9.17, 15) is 21.0 Å². The van der Waals surface area contributed by atoms with E-state index in [1.165, 1.54) is 12.1 Å². The van der Waals surface area contributed by atoms with Crippen LogP contribution >= 0.6 is 0 Å². The fourth-order valence-electron chi connectivity index (χ4n) is 10.5. The average Bonchev–Trinajstić information content (AvgIpc) is 4.12. The number of nitriles is 4. The predicted octanol–water partition coefficient (Wildman–Crippen LogP) is 17.8. The highest BCUT2D eigenvalue weighted by Gasteiger charge is 2.35. The van der Waals surface area contributed by atoms with Crippen LogP contribution in [0.4, 0.5) is 24.5 Å². The molecule has 2 aromatic heterocycles. The second kappa shape index (κ2) is 18.8. The first-order valence-electron chi connectivity index (χ1n) is 24.3. The van der Waals surface area contributed by atoms with Crippen LogP contribution in [0.15, 0.2) is 200 Å². The van der Waals surface area contributed by atoms with E-state index in [0.717, 1.165) is 83.2 Å². The maximum Gasteiger partial charge on any atom is 0.417 e. The van der Waals surface area contributed by atoms with Crippen molar-refractivity contribution in [1.29, 1.82) is 21.0 Å². The van der Waals surface area contributed by atoms with Gasteiger partial charge in [-0.15, -0.1) is 0 Å². The third kappa shape index (κ3) is 8.08. The minimum Gasteiger partial charge on any atom is -0.308 e. The number of aromatic nitrogens is 2. The van der Waals surface area contributed by atoms with E-state index in [-0.39, 0.29) is 22.4 Å². The summed E-state index contributed by atoms with van der Waals surface area (Å²) in [5, 5.41) is 41.9. The van der Waals surface area contributed by atoms with Crippen LogP contribution < -0.4 is 0 Å². The highest BCUT2D eigenvalue weighted by molar-refractivity contribution is 6.14. The summed E-state index contributed by atoms with van der Waals surface area (Å²) < 4.78 is 50.0. The van der Waals surface area contributed by atoms with Gasteiger partial charge in [0.15, 0.2) is 11.4 Å². The van der Waals surface area contributed by atoms with Crippen molar-refractivity contribution in [3.8, 4) is 91.3 Å². The Bertz CT molecular complexity index is 4520. The molecule has 0 fully saturated rings. The number of nitrogens with zero attached hydrogens (tertiary/aromatic N) is 8. The summed E-state index contributed by atoms with van der Waals surface area (Å²) in [6.07, 6.45) is -4.90. The van der Waals surface area contributed by atoms with Crippen molar-refractivity contribution in [2.45, 2.75) is 6.18 Å². The van der Waals surface area contributed by atoms with Gasteiger partial charge in [-0.2, -0.15) is 34.2 Å². The molecule has 0 bridgehead atoms. The summed E-state index contributed by atoms with van der Waals surface area (Å²) in [6, 6.07) is 68.4. The molecule has 0 atom stereocenters. The molecule has 0 aliphatic rings. The van der Waals surface area contributed by atoms with E-state index in [2.05, 4.69) is 52.2 Å². The van der Waals surface area contributed by atoms with Gasteiger partial charge in [-0.1, -0.05) is 91.0 Å². The molecular weight excluding hydrogens is 974 g/mol. The fourth-order valence-corrected chi connectivity index (χ4v) is 10.5. The second-order valence-electron chi connectivity index (χ2n) is 18.7. The van der Waals surface area contributed by atoms with Crippen molar-refractivity contribution in [3.63, 3.8) is 0 Å². The van der Waals surface area contributed by atoms with Crippen LogP contribution in [-0.2, 0) is 6.18 Å². The number of hydrogen-bond acceptors (Lipinski definition) is 4. The van der Waals surface area contributed by atoms with Crippen molar-refractivity contribution in [2.75, 3.05) is 0 Å². The third-order valence-electron chi connectivity index (χ3n) is 14.3. The van der Waals surface area contributed by atoms with Crippen LogP contribution in [0, 0.1) is 58.5 Å². The fraction of sp³-hybridized carbons (Fsp3) is 0.0149. The summed E-state index contributed by atoms with van der Waals surface area (Å²) in [6.45, 7) is 16.2. The van der Waals surface area contributed by atoms with Gasteiger partial charge in [0, 0.05) is 21.5 Å². The Labute approximate surface area is 444 Å². The smallest absolute Gasteiger partial charge is 0.308 e. The molecule has 78 heavy (non-hydrogen) atoms. The molecule has 0 saturated carbocycles. The lowest BCUT2D eigenvalue weighted by Gasteiger charge is -2.21. The van der Waals surface area contributed by atoms with E-state index in [1.807, 2.05) is 112 Å². The van der Waals surface area contributed by atoms with Gasteiger partial charge in [-0.25, -0.2) is 9.69 Å². The molecule has 0 amide bonds. The zero-order valence-corrected chi connectivity index (χ0v) is 40.8. The maximum atomic E-state index is 15.3. The summed E-state index contributed by atoms with van der Waals surface area (Å²) >= 11 is 0. The normalized spacial score (nSPS) is 11.2. The molecule has 11 heteroatoms. The van der Waals surface area contributed by atoms with Gasteiger partial charge < -0.3 is 9.13 Å². The molecule has 362 valence electrons. The Kier molecular flexibility index (Phi) is 11.4. The number of benzene rings is 10. The Hall–Kier alpha value is -11.5. The van der Waals surface area contributed by atoms with Crippen LogP contribution in [-0.4, -0.2) is 9.13 Å². The lowest BCUT2D eigenvalue weighted by Crippen LogP contribution is -2.09. The second-order valence-corrected chi connectivity index (χ2v) is 18.7. The van der Waals surface area contributed by atoms with Gasteiger partial charge in [-0.05, 0) is 165 Å². The molecule has 0 spiro atoms. The van der Waals surface area contributed by atoms with Crippen LogP contribution in [0.3, 0.4) is 0 Å². The average molecular weight is 1010 g/mol. The van der Waals surface area contributed by atoms with E-state index in [1.54, 1.807) is 60.7 Å². The van der Waals surface area contributed by atoms with E-state index in [0.29, 0.717) is 44.8 Å². The highest BCUT2D eigenvalue weighted by atomic mass is 19.4. The molecule has 0 saturated heterocycles. The van der Waals surface area contributed by atoms with E-state index >= 15 is 13.2 Å². The molecule has 0 radical (unpaired) electrons. The lowest BCUT2D eigenvalue weighted by atomic mass is 9.94. The highest BCUT2D eigenvalue weighted by Crippen LogP contribution is 2.48. The molecule has 0 aliphatic heterocycles. The maximum absolute atomic E-state index is 15.3. The quantitative estimate of drug-likeness (QED) is 0.148. The number of hydrogen-bond donors (Lipinski definition) is 0. The Balaban J connectivity index is 1.21. The van der Waals surface area contributed by atoms with Gasteiger partial charge >= 0.3 is 6.18 Å². The van der Waals surface area contributed by atoms with Gasteiger partial charge in [0.2, 0.25) is 0 Å². The first-order valence-corrected chi connectivity index (χ1v) is 24.3. The number of rotatable bonds is 7. The zero-order valence-electron chi connectivity index (χ0n) is 40.8. The van der Waals surface area contributed by atoms with Crippen LogP contribution in [0.2, 0.25) is 0 Å². The van der Waals surface area contributed by atoms with E-state index < -0.39 is 11.7 Å². The number of fused-ring (bicyclic) bond motifs is 6. The summed E-state index contributed by atoms with van der Waals surface area (Å²) in [4.78, 5) is 7.53. The number of halogens is 3. The van der Waals surface area contributed by atoms with Gasteiger partial charge in [0.1, 0.15) is 0 Å². The van der Waals surface area contributed by atoms with Crippen LogP contribution in [0.5, 0.6) is 0 Å². The van der Waals surface area contributed by atoms with Crippen LogP contribution in [0.25, 0.3) is 120 Å². The summed E-state index contributed by atoms with van der Waals surface area (Å²) in [7, 11) is 0. The van der Waals surface area contributed by atoms with Gasteiger partial charge in [-0.3, -0.25) is 0 Å². The SMILES string of the molecule is [C-]#[N+]c1ccc(-c2ccc3c(c2)c2cc(-c4ccc(C#N)cc4)ccc2n3-c2cc([N+]#[C-])c(-c3ccc(C#N)cc3C(F)(F)F)cc2-n2c3ccc(-c4ccc(C#N)cc4)cc3c3cc(-c4ccc(C#N)cc4)ccc32)cc1. The molecule has 12 rings (SSSR count). The van der Waals surface area contributed by atoms with Crippen molar-refractivity contribution < 1.29 is 13.2 Å². The zero-order chi connectivity index (χ0) is 53.8. The molecule has 2 heterocycles. The molecule has 0 N–H and O–H groups in total. The molecule has 10 aromatic carbocycles. The molecular formula is C67H33F3N8. The van der Waals surface area contributed by atoms with E-state index in [4.69, 9.17) is 13.1 Å². The largest absolute Gasteiger partial charge is 0.417 e. The Morgan fingerprint density at radius 2 is 0.679 bits per heavy atom. The predicted molar refractivity (Wildman–Crippen MR) is 299 cm³/mol. The summed E-state index contributed by atoms with van der Waals surface area (Å²) in [5.41, 5.74) is 11.2. The molecule has 12 aromatic rings. The minimum atomic E-state index is -4.90. The van der Waals surface area contributed by atoms with Gasteiger partial charge in [0.05, 0.1) is 98.7 Å². The first kappa shape index (κ1) is 47.5. The lowest BCUT2D eigenvalue weighted by molar-refractivity contribution is -0.137. The monoisotopic (exact) mass is 1010 g/mol. The topological polar surface area (TPSA) is 114 Å². The first-order chi connectivity index (χ1) is 38.0. The molecule has 0 unspecified atom stereocenters. The van der Waals surface area contributed by atoms with Crippen LogP contribution in [0.1, 0.15) is 27.8 Å². The van der Waals surface area contributed by atoms with Crippen molar-refractivity contribution >= 4 is 55.0 Å². The number of alkyl halides is 3. The van der Waals surface area contributed by atoms with Crippen molar-refractivity contribution in [3.05, 3.63) is 251 Å². The minimum absolute atomic E-state index is 0.00740. The van der Waals surface area contributed by atoms with Gasteiger partial charge in [0.25, 0.3) is 0 Å². The summed E-state index contributed by atoms with van der Waals surface area (Å²) in [5.74, 6) is 0. The van der Waals surface area contributed by atoms with Crippen molar-refractivity contribution in [1.82, 2.24) is 9.13 Å². The Morgan fingerprint density at radius 3 is 1.01 bits per heavy atom. The molecule has 0 aliphatic carbocycles. The standard InChI is InChI=1S/C67H33F3N8/c1-75-52-22-16-47(17-23-52)51-21-28-64-58(33-51)57-32-50(46-14-7-42(38-73)8-15-46)20-27-63(57)78(64)66-35-60(76-2)54(53-24-9-43(39-74)29-59(53)67(68,69)70)34-65(66)77-61-25-18-48(44-10-3-40(36-71)4-11-44)30-55(61)56-31-49(19-26-62(56)77)45-12-5-41(37-72)6-13-45/h3-35H. The van der Waals surface area contributed by atoms with Crippen molar-refractivity contribution in [2.24, 2.45) is 0 Å². The molecule has 8 nitrogen and oxygen atoms in total.